The van der Waals surface area contributed by atoms with Crippen LogP contribution in [-0.4, -0.2) is 31.0 Å². The monoisotopic (exact) mass is 338 g/mol. The minimum absolute atomic E-state index is 0.0160. The van der Waals surface area contributed by atoms with Gasteiger partial charge in [-0.15, -0.1) is 0 Å². The van der Waals surface area contributed by atoms with Crippen molar-refractivity contribution in [3.05, 3.63) is 59.7 Å². The van der Waals surface area contributed by atoms with Crippen molar-refractivity contribution >= 4 is 11.6 Å². The molecule has 0 saturated carbocycles. The average Bonchev–Trinajstić information content (AvgIpc) is 2.63. The number of benzene rings is 2. The lowest BCUT2D eigenvalue weighted by molar-refractivity contribution is -0.117. The second-order valence-electron chi connectivity index (χ2n) is 6.50. The number of aryl methyl sites for hydroxylation is 1. The minimum atomic E-state index is -0.0160. The highest BCUT2D eigenvalue weighted by Gasteiger charge is 2.24. The molecule has 0 bridgehead atoms. The smallest absolute Gasteiger partial charge is 0.238 e. The van der Waals surface area contributed by atoms with E-state index in [2.05, 4.69) is 34.5 Å². The van der Waals surface area contributed by atoms with Gasteiger partial charge in [0.25, 0.3) is 0 Å². The third kappa shape index (κ3) is 4.20. The molecular weight excluding hydrogens is 312 g/mol. The van der Waals surface area contributed by atoms with Crippen molar-refractivity contribution in [3.63, 3.8) is 0 Å². The number of para-hydroxylation sites is 2. The van der Waals surface area contributed by atoms with Gasteiger partial charge >= 0.3 is 0 Å². The lowest BCUT2D eigenvalue weighted by atomic mass is 9.87. The molecule has 1 aliphatic carbocycles. The molecule has 0 spiro atoms. The summed E-state index contributed by atoms with van der Waals surface area (Å²) in [6.07, 6.45) is 3.39. The first-order valence-corrected chi connectivity index (χ1v) is 8.98. The van der Waals surface area contributed by atoms with Gasteiger partial charge in [-0.2, -0.15) is 0 Å². The van der Waals surface area contributed by atoms with Crippen LogP contribution in [-0.2, 0) is 11.2 Å². The van der Waals surface area contributed by atoms with E-state index in [-0.39, 0.29) is 5.91 Å². The highest BCUT2D eigenvalue weighted by Crippen LogP contribution is 2.33. The number of nitrogens with zero attached hydrogens (tertiary/aromatic N) is 1. The van der Waals surface area contributed by atoms with Crippen molar-refractivity contribution in [1.82, 2.24) is 4.90 Å². The Balaban J connectivity index is 1.66. The molecular formula is C21H26N2O2. The fourth-order valence-corrected chi connectivity index (χ4v) is 3.56. The van der Waals surface area contributed by atoms with Gasteiger partial charge in [-0.25, -0.2) is 0 Å². The van der Waals surface area contributed by atoms with Crippen molar-refractivity contribution in [2.75, 3.05) is 25.5 Å². The van der Waals surface area contributed by atoms with Crippen LogP contribution in [0.4, 0.5) is 5.69 Å². The molecule has 0 aliphatic heterocycles. The zero-order valence-electron chi connectivity index (χ0n) is 15.0. The summed E-state index contributed by atoms with van der Waals surface area (Å²) in [6, 6.07) is 16.4. The Morgan fingerprint density at radius 1 is 1.20 bits per heavy atom. The molecule has 1 aliphatic rings. The first kappa shape index (κ1) is 17.5. The number of carbonyl (C=O) groups is 1. The van der Waals surface area contributed by atoms with Crippen LogP contribution < -0.4 is 10.1 Å². The third-order valence-electron chi connectivity index (χ3n) is 4.72. The number of nitrogens with one attached hydrogen (secondary N) is 1. The number of rotatable bonds is 6. The molecule has 4 nitrogen and oxygen atoms in total. The van der Waals surface area contributed by atoms with E-state index < -0.39 is 0 Å². The van der Waals surface area contributed by atoms with E-state index in [1.807, 2.05) is 38.2 Å². The van der Waals surface area contributed by atoms with Crippen molar-refractivity contribution in [2.45, 2.75) is 32.2 Å². The number of anilines is 1. The summed E-state index contributed by atoms with van der Waals surface area (Å²) in [7, 11) is 2.03. The molecule has 1 amide bonds. The lowest BCUT2D eigenvalue weighted by Gasteiger charge is -2.32. The number of ether oxygens (including phenoxy) is 1. The maximum absolute atomic E-state index is 12.5. The summed E-state index contributed by atoms with van der Waals surface area (Å²) in [6.45, 7) is 2.87. The molecule has 4 heteroatoms. The maximum atomic E-state index is 12.5. The van der Waals surface area contributed by atoms with Gasteiger partial charge in [-0.1, -0.05) is 36.4 Å². The second kappa shape index (κ2) is 8.17. The zero-order valence-corrected chi connectivity index (χ0v) is 15.0. The quantitative estimate of drug-likeness (QED) is 0.864. The molecule has 0 heterocycles. The maximum Gasteiger partial charge on any atom is 0.238 e. The van der Waals surface area contributed by atoms with Crippen LogP contribution in [0.1, 0.15) is 36.9 Å². The van der Waals surface area contributed by atoms with Crippen molar-refractivity contribution in [3.8, 4) is 5.75 Å². The van der Waals surface area contributed by atoms with Gasteiger partial charge in [0.1, 0.15) is 5.75 Å². The summed E-state index contributed by atoms with van der Waals surface area (Å²) >= 11 is 0. The van der Waals surface area contributed by atoms with Gasteiger partial charge in [-0.05, 0) is 56.5 Å². The lowest BCUT2D eigenvalue weighted by Crippen LogP contribution is -2.35. The predicted octanol–water partition coefficient (Wildman–Crippen LogP) is 4.03. The molecule has 0 unspecified atom stereocenters. The fourth-order valence-electron chi connectivity index (χ4n) is 3.56. The van der Waals surface area contributed by atoms with Crippen LogP contribution in [0.3, 0.4) is 0 Å². The molecule has 1 atom stereocenters. The Morgan fingerprint density at radius 2 is 1.96 bits per heavy atom. The number of amides is 1. The highest BCUT2D eigenvalue weighted by atomic mass is 16.5. The molecule has 25 heavy (non-hydrogen) atoms. The van der Waals surface area contributed by atoms with Gasteiger partial charge in [0.2, 0.25) is 5.91 Å². The van der Waals surface area contributed by atoms with E-state index in [1.54, 1.807) is 0 Å². The fraction of sp³-hybridized carbons (Fsp3) is 0.381. The van der Waals surface area contributed by atoms with Gasteiger partial charge < -0.3 is 10.1 Å². The predicted molar refractivity (Wildman–Crippen MR) is 101 cm³/mol. The molecule has 2 aromatic carbocycles. The van der Waals surface area contributed by atoms with Crippen molar-refractivity contribution in [2.24, 2.45) is 0 Å². The molecule has 0 fully saturated rings. The van der Waals surface area contributed by atoms with E-state index in [1.165, 1.54) is 17.5 Å². The van der Waals surface area contributed by atoms with E-state index in [4.69, 9.17) is 4.74 Å². The third-order valence-corrected chi connectivity index (χ3v) is 4.72. The molecule has 2 aromatic rings. The summed E-state index contributed by atoms with van der Waals surface area (Å²) in [5.74, 6) is 0.696. The topological polar surface area (TPSA) is 41.6 Å². The standard InChI is InChI=1S/C21H26N2O2/c1-3-25-20-14-7-6-12-18(20)22-21(24)15-23(2)19-13-8-10-16-9-4-5-11-17(16)19/h4-7,9,11-12,14,19H,3,8,10,13,15H2,1-2H3,(H,22,24)/t19-/m1/s1. The van der Waals surface area contributed by atoms with E-state index >= 15 is 0 Å². The van der Waals surface area contributed by atoms with Crippen LogP contribution in [0.15, 0.2) is 48.5 Å². The number of hydrogen-bond donors (Lipinski definition) is 1. The van der Waals surface area contributed by atoms with E-state index in [0.717, 1.165) is 18.5 Å². The first-order valence-electron chi connectivity index (χ1n) is 8.98. The van der Waals surface area contributed by atoms with Crippen LogP contribution >= 0.6 is 0 Å². The van der Waals surface area contributed by atoms with Crippen LogP contribution in [0.25, 0.3) is 0 Å². The normalized spacial score (nSPS) is 16.4. The van der Waals surface area contributed by atoms with E-state index in [9.17, 15) is 4.79 Å². The number of fused-ring (bicyclic) bond motifs is 1. The summed E-state index contributed by atoms with van der Waals surface area (Å²) in [5.41, 5.74) is 3.50. The van der Waals surface area contributed by atoms with Crippen LogP contribution in [0.5, 0.6) is 5.75 Å². The molecule has 1 N–H and O–H groups in total. The SMILES string of the molecule is CCOc1ccccc1NC(=O)CN(C)[C@@H]1CCCc2ccccc21. The summed E-state index contributed by atoms with van der Waals surface area (Å²) in [5, 5.41) is 2.98. The van der Waals surface area contributed by atoms with Gasteiger partial charge in [-0.3, -0.25) is 9.69 Å². The number of hydrogen-bond acceptors (Lipinski definition) is 3. The van der Waals surface area contributed by atoms with Crippen molar-refractivity contribution in [1.29, 1.82) is 0 Å². The summed E-state index contributed by atoms with van der Waals surface area (Å²) < 4.78 is 5.58. The molecule has 0 saturated heterocycles. The van der Waals surface area contributed by atoms with Crippen LogP contribution in [0, 0.1) is 0 Å². The Hall–Kier alpha value is -2.33. The van der Waals surface area contributed by atoms with Crippen LogP contribution in [0.2, 0.25) is 0 Å². The van der Waals surface area contributed by atoms with Gasteiger partial charge in [0.15, 0.2) is 0 Å². The van der Waals surface area contributed by atoms with Gasteiger partial charge in [0, 0.05) is 6.04 Å². The van der Waals surface area contributed by atoms with Crippen molar-refractivity contribution < 1.29 is 9.53 Å². The second-order valence-corrected chi connectivity index (χ2v) is 6.50. The Morgan fingerprint density at radius 3 is 2.80 bits per heavy atom. The number of likely N-dealkylation sites (N-methyl/N-ethyl adjacent to an activating group) is 1. The Labute approximate surface area is 149 Å². The van der Waals surface area contributed by atoms with E-state index in [0.29, 0.717) is 24.9 Å². The summed E-state index contributed by atoms with van der Waals surface area (Å²) in [4.78, 5) is 14.7. The van der Waals surface area contributed by atoms with Gasteiger partial charge in [0.05, 0.1) is 18.8 Å². The Kier molecular flexibility index (Phi) is 5.71. The molecule has 0 aromatic heterocycles. The number of carbonyl (C=O) groups excluding carboxylic acids is 1. The minimum Gasteiger partial charge on any atom is -0.492 e. The largest absolute Gasteiger partial charge is 0.492 e. The molecule has 132 valence electrons. The molecule has 0 radical (unpaired) electrons. The highest BCUT2D eigenvalue weighted by molar-refractivity contribution is 5.93. The average molecular weight is 338 g/mol. The zero-order chi connectivity index (χ0) is 17.6. The Bertz CT molecular complexity index is 729. The first-order chi connectivity index (χ1) is 12.2. The molecule has 3 rings (SSSR count).